The van der Waals surface area contributed by atoms with E-state index in [0.717, 1.165) is 37.8 Å². The maximum absolute atomic E-state index is 14.1. The zero-order valence-electron chi connectivity index (χ0n) is 11.8. The van der Waals surface area contributed by atoms with Crippen molar-refractivity contribution in [2.24, 2.45) is 5.73 Å². The number of carbonyl (C=O) groups excluding carboxylic acids is 1. The fraction of sp³-hybridized carbons (Fsp3) is 0.533. The van der Waals surface area contributed by atoms with Crippen LogP contribution in [-0.4, -0.2) is 11.9 Å². The lowest BCUT2D eigenvalue weighted by atomic mass is 9.88. The number of hydrogen-bond acceptors (Lipinski definition) is 2. The number of halogens is 2. The molecule has 2 rings (SSSR count). The molecule has 1 aromatic carbocycles. The molecule has 1 amide bonds. The molecule has 0 aliphatic heterocycles. The van der Waals surface area contributed by atoms with E-state index >= 15 is 0 Å². The molecule has 1 unspecified atom stereocenters. The molecule has 3 N–H and O–H groups in total. The van der Waals surface area contributed by atoms with Gasteiger partial charge in [-0.3, -0.25) is 10.1 Å². The first-order chi connectivity index (χ1) is 9.34. The van der Waals surface area contributed by atoms with Crippen molar-refractivity contribution in [2.45, 2.75) is 51.1 Å². The van der Waals surface area contributed by atoms with E-state index in [1.165, 1.54) is 13.8 Å². The molecule has 0 saturated heterocycles. The van der Waals surface area contributed by atoms with E-state index in [0.29, 0.717) is 0 Å². The number of nitrogens with two attached hydrogens (primary N) is 1. The van der Waals surface area contributed by atoms with Gasteiger partial charge in [0.05, 0.1) is 0 Å². The van der Waals surface area contributed by atoms with Gasteiger partial charge in [0.25, 0.3) is 0 Å². The van der Waals surface area contributed by atoms with Gasteiger partial charge >= 0.3 is 0 Å². The van der Waals surface area contributed by atoms with Crippen molar-refractivity contribution in [1.82, 2.24) is 5.32 Å². The highest BCUT2D eigenvalue weighted by atomic mass is 19.1. The fourth-order valence-electron chi connectivity index (χ4n) is 2.79. The van der Waals surface area contributed by atoms with Crippen LogP contribution >= 0.6 is 0 Å². The molecule has 1 fully saturated rings. The Balaban J connectivity index is 2.41. The van der Waals surface area contributed by atoms with E-state index in [1.807, 2.05) is 0 Å². The maximum atomic E-state index is 14.1. The second kappa shape index (κ2) is 5.48. The van der Waals surface area contributed by atoms with Gasteiger partial charge in [0.2, 0.25) is 5.91 Å². The first-order valence-corrected chi connectivity index (χ1v) is 6.88. The minimum Gasteiger partial charge on any atom is -0.368 e. The molecule has 3 nitrogen and oxygen atoms in total. The van der Waals surface area contributed by atoms with E-state index in [9.17, 15) is 13.6 Å². The van der Waals surface area contributed by atoms with Crippen molar-refractivity contribution >= 4 is 5.91 Å². The lowest BCUT2D eigenvalue weighted by molar-refractivity contribution is -0.124. The standard InChI is InChI=1S/C15H20F2N2O/c1-9-7-13(17)11(8-12(9)16)15(2,14(18)20)19-10-5-3-4-6-10/h7-8,10,19H,3-6H2,1-2H3,(H2,18,20). The van der Waals surface area contributed by atoms with E-state index in [2.05, 4.69) is 5.32 Å². The van der Waals surface area contributed by atoms with Gasteiger partial charge in [-0.05, 0) is 44.4 Å². The van der Waals surface area contributed by atoms with Crippen LogP contribution in [0.15, 0.2) is 12.1 Å². The van der Waals surface area contributed by atoms with Crippen molar-refractivity contribution in [3.05, 3.63) is 34.9 Å². The average molecular weight is 282 g/mol. The van der Waals surface area contributed by atoms with Crippen molar-refractivity contribution in [3.8, 4) is 0 Å². The number of nitrogens with one attached hydrogen (secondary N) is 1. The normalized spacial score (nSPS) is 19.0. The zero-order valence-corrected chi connectivity index (χ0v) is 11.8. The Morgan fingerprint density at radius 2 is 1.90 bits per heavy atom. The second-order valence-corrected chi connectivity index (χ2v) is 5.70. The van der Waals surface area contributed by atoms with Crippen LogP contribution in [0.3, 0.4) is 0 Å². The smallest absolute Gasteiger partial charge is 0.242 e. The van der Waals surface area contributed by atoms with Gasteiger partial charge in [-0.25, -0.2) is 8.78 Å². The van der Waals surface area contributed by atoms with Gasteiger partial charge in [0, 0.05) is 11.6 Å². The molecule has 0 radical (unpaired) electrons. The Bertz CT molecular complexity index is 527. The highest BCUT2D eigenvalue weighted by molar-refractivity contribution is 5.85. The number of amides is 1. The van der Waals surface area contributed by atoms with Crippen molar-refractivity contribution in [3.63, 3.8) is 0 Å². The van der Waals surface area contributed by atoms with Crippen molar-refractivity contribution in [2.75, 3.05) is 0 Å². The van der Waals surface area contributed by atoms with Gasteiger partial charge in [0.15, 0.2) is 0 Å². The summed E-state index contributed by atoms with van der Waals surface area (Å²) in [7, 11) is 0. The fourth-order valence-corrected chi connectivity index (χ4v) is 2.79. The van der Waals surface area contributed by atoms with Gasteiger partial charge in [0.1, 0.15) is 17.2 Å². The Morgan fingerprint density at radius 1 is 1.30 bits per heavy atom. The van der Waals surface area contributed by atoms with Crippen LogP contribution in [0.5, 0.6) is 0 Å². The van der Waals surface area contributed by atoms with E-state index in [1.54, 1.807) is 0 Å². The predicted octanol–water partition coefficient (Wildman–Crippen LogP) is 2.51. The summed E-state index contributed by atoms with van der Waals surface area (Å²) in [5.74, 6) is -1.86. The average Bonchev–Trinajstić information content (AvgIpc) is 2.86. The summed E-state index contributed by atoms with van der Waals surface area (Å²) in [6, 6.07) is 2.27. The van der Waals surface area contributed by atoms with Crippen molar-refractivity contribution < 1.29 is 13.6 Å². The van der Waals surface area contributed by atoms with E-state index in [-0.39, 0.29) is 17.2 Å². The third kappa shape index (κ3) is 2.68. The summed E-state index contributed by atoms with van der Waals surface area (Å²) < 4.78 is 27.9. The Morgan fingerprint density at radius 3 is 2.45 bits per heavy atom. The van der Waals surface area contributed by atoms with E-state index < -0.39 is 23.1 Å². The SMILES string of the molecule is Cc1cc(F)c(C(C)(NC2CCCC2)C(N)=O)cc1F. The molecular weight excluding hydrogens is 262 g/mol. The van der Waals surface area contributed by atoms with Gasteiger partial charge in [-0.2, -0.15) is 0 Å². The van der Waals surface area contributed by atoms with Crippen LogP contribution in [0.2, 0.25) is 0 Å². The Hall–Kier alpha value is -1.49. The van der Waals surface area contributed by atoms with Crippen LogP contribution in [0, 0.1) is 18.6 Å². The number of primary amides is 1. The van der Waals surface area contributed by atoms with Gasteiger partial charge < -0.3 is 5.73 Å². The Kier molecular flexibility index (Phi) is 4.09. The van der Waals surface area contributed by atoms with E-state index in [4.69, 9.17) is 5.73 Å². The summed E-state index contributed by atoms with van der Waals surface area (Å²) >= 11 is 0. The monoisotopic (exact) mass is 282 g/mol. The molecule has 0 aromatic heterocycles. The molecule has 0 bridgehead atoms. The zero-order chi connectivity index (χ0) is 14.9. The molecule has 1 aromatic rings. The highest BCUT2D eigenvalue weighted by Gasteiger charge is 2.38. The summed E-state index contributed by atoms with van der Waals surface area (Å²) in [5, 5.41) is 3.11. The second-order valence-electron chi connectivity index (χ2n) is 5.70. The number of rotatable bonds is 4. The lowest BCUT2D eigenvalue weighted by Gasteiger charge is -2.32. The third-order valence-electron chi connectivity index (χ3n) is 4.13. The van der Waals surface area contributed by atoms with Crippen LogP contribution in [0.1, 0.15) is 43.7 Å². The minimum absolute atomic E-state index is 0.0278. The minimum atomic E-state index is -1.40. The largest absolute Gasteiger partial charge is 0.368 e. The van der Waals surface area contributed by atoms with Crippen LogP contribution in [-0.2, 0) is 10.3 Å². The Labute approximate surface area is 117 Å². The van der Waals surface area contributed by atoms with Gasteiger partial charge in [-0.15, -0.1) is 0 Å². The highest BCUT2D eigenvalue weighted by Crippen LogP contribution is 2.29. The topological polar surface area (TPSA) is 55.1 Å². The number of carbonyl (C=O) groups is 1. The predicted molar refractivity (Wildman–Crippen MR) is 73.0 cm³/mol. The molecule has 5 heteroatoms. The van der Waals surface area contributed by atoms with Crippen molar-refractivity contribution in [1.29, 1.82) is 0 Å². The third-order valence-corrected chi connectivity index (χ3v) is 4.13. The molecule has 110 valence electrons. The molecule has 1 aliphatic carbocycles. The molecule has 20 heavy (non-hydrogen) atoms. The van der Waals surface area contributed by atoms with Crippen LogP contribution in [0.25, 0.3) is 0 Å². The quantitative estimate of drug-likeness (QED) is 0.891. The molecular formula is C15H20F2N2O. The molecule has 0 spiro atoms. The number of benzene rings is 1. The molecule has 1 atom stereocenters. The number of hydrogen-bond donors (Lipinski definition) is 2. The first-order valence-electron chi connectivity index (χ1n) is 6.88. The summed E-state index contributed by atoms with van der Waals surface area (Å²) in [5.41, 5.74) is 4.23. The van der Waals surface area contributed by atoms with Crippen LogP contribution in [0.4, 0.5) is 8.78 Å². The molecule has 1 saturated carbocycles. The summed E-state index contributed by atoms with van der Waals surface area (Å²) in [4.78, 5) is 11.8. The lowest BCUT2D eigenvalue weighted by Crippen LogP contribution is -2.54. The van der Waals surface area contributed by atoms with Gasteiger partial charge in [-0.1, -0.05) is 12.8 Å². The summed E-state index contributed by atoms with van der Waals surface area (Å²) in [6.45, 7) is 3.00. The summed E-state index contributed by atoms with van der Waals surface area (Å²) in [6.07, 6.45) is 3.96. The van der Waals surface area contributed by atoms with Crippen LogP contribution < -0.4 is 11.1 Å². The maximum Gasteiger partial charge on any atom is 0.242 e. The molecule has 0 heterocycles. The molecule has 1 aliphatic rings. The number of aryl methyl sites for hydroxylation is 1. The first kappa shape index (κ1) is 14.9.